The summed E-state index contributed by atoms with van der Waals surface area (Å²) >= 11 is 2.34. The van der Waals surface area contributed by atoms with Crippen molar-refractivity contribution in [2.24, 2.45) is 0 Å². The number of ether oxygens (including phenoxy) is 1. The largest absolute Gasteiger partial charge is 1.00 e. The molecular formula is C24H20N3NaO8S2. The number of esters is 1. The van der Waals surface area contributed by atoms with Gasteiger partial charge in [-0.1, -0.05) is 30.3 Å². The average Bonchev–Trinajstić information content (AvgIpc) is 2.88. The van der Waals surface area contributed by atoms with Crippen LogP contribution in [0.5, 0.6) is 0 Å². The molecule has 38 heavy (non-hydrogen) atoms. The van der Waals surface area contributed by atoms with Crippen molar-refractivity contribution >= 4 is 52.8 Å². The van der Waals surface area contributed by atoms with E-state index in [-0.39, 0.29) is 58.8 Å². The zero-order valence-electron chi connectivity index (χ0n) is 20.3. The van der Waals surface area contributed by atoms with Gasteiger partial charge in [-0.2, -0.15) is 11.3 Å². The van der Waals surface area contributed by atoms with Crippen molar-refractivity contribution in [3.63, 3.8) is 0 Å². The van der Waals surface area contributed by atoms with E-state index in [4.69, 9.17) is 4.74 Å². The van der Waals surface area contributed by atoms with Crippen molar-refractivity contribution in [3.8, 4) is 0 Å². The molecule has 11 nitrogen and oxygen atoms in total. The number of carbonyl (C=O) groups excluding carboxylic acids is 5. The fourth-order valence-electron chi connectivity index (χ4n) is 3.88. The number of nitrogens with zero attached hydrogens (tertiary/aromatic N) is 1. The molecule has 0 aliphatic carbocycles. The Labute approximate surface area is 246 Å². The van der Waals surface area contributed by atoms with Crippen LogP contribution in [-0.2, 0) is 23.9 Å². The van der Waals surface area contributed by atoms with Gasteiger partial charge in [-0.15, -0.1) is 11.8 Å². The first-order valence-corrected chi connectivity index (χ1v) is 12.9. The molecule has 0 saturated carbocycles. The molecule has 0 bridgehead atoms. The van der Waals surface area contributed by atoms with Crippen LogP contribution in [0.3, 0.4) is 0 Å². The number of amides is 3. The number of rotatable bonds is 8. The molecule has 192 valence electrons. The van der Waals surface area contributed by atoms with Gasteiger partial charge in [0.1, 0.15) is 24.1 Å². The van der Waals surface area contributed by atoms with Gasteiger partial charge in [-0.25, -0.2) is 0 Å². The molecule has 3 heterocycles. The third-order valence-electron chi connectivity index (χ3n) is 5.65. The van der Waals surface area contributed by atoms with Crippen LogP contribution in [0.1, 0.15) is 28.9 Å². The van der Waals surface area contributed by atoms with Crippen LogP contribution >= 0.6 is 23.1 Å². The maximum absolute atomic E-state index is 13.3. The van der Waals surface area contributed by atoms with E-state index in [0.717, 1.165) is 16.2 Å². The number of benzene rings is 1. The van der Waals surface area contributed by atoms with E-state index in [1.165, 1.54) is 35.5 Å². The number of fused-ring (bicyclic) bond motifs is 1. The number of hydrogen-bond donors (Lipinski definition) is 2. The Morgan fingerprint density at radius 1 is 1.16 bits per heavy atom. The average molecular weight is 566 g/mol. The standard InChI is InChI=1S/C24H21N3O8S2.Na/c1-12(28)35-9-14-10-37-23-18(22(32)27(23)19(14)24(33)34)26-21(31)17(13-5-3-2-4-6-13)25-20(30)15-11-36-8-7-16(15)29;/h2-8,11,17-18,23H,9-10H2,1H3,(H,25,30)(H,26,31)(H,33,34);/q;+1/p-1/t17?,18-,23-;/m1./s1. The quantitative estimate of drug-likeness (QED) is 0.188. The summed E-state index contributed by atoms with van der Waals surface area (Å²) in [6.07, 6.45) is 0. The number of aliphatic carboxylic acids is 1. The van der Waals surface area contributed by atoms with E-state index in [1.807, 2.05) is 0 Å². The van der Waals surface area contributed by atoms with E-state index < -0.39 is 52.5 Å². The Kier molecular flexibility index (Phi) is 9.90. The molecule has 1 aromatic carbocycles. The molecule has 0 spiro atoms. The van der Waals surface area contributed by atoms with E-state index in [1.54, 1.807) is 30.3 Å². The molecule has 14 heteroatoms. The Morgan fingerprint density at radius 2 is 1.87 bits per heavy atom. The van der Waals surface area contributed by atoms with Crippen LogP contribution in [0.2, 0.25) is 0 Å². The maximum atomic E-state index is 13.3. The summed E-state index contributed by atoms with van der Waals surface area (Å²) in [5, 5.41) is 19.1. The molecule has 1 unspecified atom stereocenters. The predicted octanol–water partition coefficient (Wildman–Crippen LogP) is -3.45. The van der Waals surface area contributed by atoms with Gasteiger partial charge in [-0.3, -0.25) is 28.9 Å². The Bertz CT molecular complexity index is 1360. The van der Waals surface area contributed by atoms with E-state index in [2.05, 4.69) is 10.6 Å². The summed E-state index contributed by atoms with van der Waals surface area (Å²) in [6, 6.07) is 7.22. The van der Waals surface area contributed by atoms with E-state index in [0.29, 0.717) is 5.56 Å². The second-order valence-corrected chi connectivity index (χ2v) is 9.95. The summed E-state index contributed by atoms with van der Waals surface area (Å²) in [5.74, 6) is -4.22. The van der Waals surface area contributed by atoms with Crippen molar-refractivity contribution in [1.82, 2.24) is 15.5 Å². The van der Waals surface area contributed by atoms with Crippen LogP contribution in [0.25, 0.3) is 0 Å². The molecule has 3 atom stereocenters. The number of carbonyl (C=O) groups is 5. The van der Waals surface area contributed by atoms with Crippen molar-refractivity contribution in [2.75, 3.05) is 12.4 Å². The molecule has 2 aromatic rings. The minimum atomic E-state index is -1.60. The molecule has 4 rings (SSSR count). The smallest absolute Gasteiger partial charge is 0.543 e. The van der Waals surface area contributed by atoms with Gasteiger partial charge in [0.05, 0.1) is 17.2 Å². The van der Waals surface area contributed by atoms with E-state index in [9.17, 15) is 33.9 Å². The molecular weight excluding hydrogens is 545 g/mol. The van der Waals surface area contributed by atoms with Gasteiger partial charge >= 0.3 is 35.5 Å². The molecule has 3 amide bonds. The molecule has 1 fully saturated rings. The second kappa shape index (κ2) is 12.7. The zero-order chi connectivity index (χ0) is 26.7. The van der Waals surface area contributed by atoms with Gasteiger partial charge in [0.15, 0.2) is 5.43 Å². The maximum Gasteiger partial charge on any atom is 1.00 e. The summed E-state index contributed by atoms with van der Waals surface area (Å²) in [5.41, 5.74) is -0.389. The summed E-state index contributed by atoms with van der Waals surface area (Å²) in [7, 11) is 0. The van der Waals surface area contributed by atoms with Crippen LogP contribution in [0.4, 0.5) is 0 Å². The number of thioether (sulfide) groups is 1. The van der Waals surface area contributed by atoms with Crippen molar-refractivity contribution < 1.29 is 63.4 Å². The predicted molar refractivity (Wildman–Crippen MR) is 131 cm³/mol. The first-order chi connectivity index (χ1) is 17.7. The first-order valence-electron chi connectivity index (χ1n) is 10.9. The van der Waals surface area contributed by atoms with Gasteiger partial charge in [0.25, 0.3) is 11.8 Å². The zero-order valence-corrected chi connectivity index (χ0v) is 23.9. The Balaban J connectivity index is 0.00000400. The van der Waals surface area contributed by atoms with E-state index >= 15 is 0 Å². The van der Waals surface area contributed by atoms with Gasteiger partial charge < -0.3 is 25.3 Å². The normalized spacial score (nSPS) is 18.8. The summed E-state index contributed by atoms with van der Waals surface area (Å²) in [4.78, 5) is 75.0. The number of β-lactam (4-membered cyclic amide) rings is 1. The molecule has 0 radical (unpaired) electrons. The second-order valence-electron chi connectivity index (χ2n) is 8.07. The minimum Gasteiger partial charge on any atom is -0.543 e. The Morgan fingerprint density at radius 3 is 2.50 bits per heavy atom. The van der Waals surface area contributed by atoms with Gasteiger partial charge in [0, 0.05) is 23.6 Å². The van der Waals surface area contributed by atoms with Crippen LogP contribution in [0.15, 0.2) is 63.2 Å². The number of hydrogen-bond acceptors (Lipinski definition) is 10. The van der Waals surface area contributed by atoms with Crippen LogP contribution in [-0.4, -0.2) is 58.3 Å². The van der Waals surface area contributed by atoms with Crippen LogP contribution in [0, 0.1) is 0 Å². The minimum absolute atomic E-state index is 0. The molecule has 2 N–H and O–H groups in total. The number of nitrogens with one attached hydrogen (secondary N) is 2. The third-order valence-corrected chi connectivity index (χ3v) is 7.66. The monoisotopic (exact) mass is 565 g/mol. The topological polar surface area (TPSA) is 162 Å². The SMILES string of the molecule is CC(=O)OCC1=C(C(=O)[O-])N2C(=O)[C@@H](NC(=O)C(NC(=O)c3csccc3=O)c3ccccc3)[C@H]2SC1.[Na+]. The number of carboxylic acid groups (broad SMARTS) is 1. The number of carboxylic acids is 1. The molecule has 2 aliphatic heterocycles. The van der Waals surface area contributed by atoms with Gasteiger partial charge in [0.2, 0.25) is 5.91 Å². The van der Waals surface area contributed by atoms with Gasteiger partial charge in [-0.05, 0) is 17.0 Å². The fourth-order valence-corrected chi connectivity index (χ4v) is 5.85. The van der Waals surface area contributed by atoms with Crippen molar-refractivity contribution in [1.29, 1.82) is 0 Å². The molecule has 1 aromatic heterocycles. The van der Waals surface area contributed by atoms with Crippen molar-refractivity contribution in [3.05, 3.63) is 79.8 Å². The summed E-state index contributed by atoms with van der Waals surface area (Å²) < 4.78 is 4.89. The fraction of sp³-hybridized carbons (Fsp3) is 0.250. The Hall–Kier alpha value is -2.97. The summed E-state index contributed by atoms with van der Waals surface area (Å²) in [6.45, 7) is 0.875. The van der Waals surface area contributed by atoms with Crippen LogP contribution < -0.4 is 50.7 Å². The molecule has 1 saturated heterocycles. The first kappa shape index (κ1) is 29.6. The van der Waals surface area contributed by atoms with Crippen molar-refractivity contribution in [2.45, 2.75) is 24.4 Å². The third kappa shape index (κ3) is 6.18. The molecule has 2 aliphatic rings.